The van der Waals surface area contributed by atoms with E-state index in [9.17, 15) is 19.8 Å². The summed E-state index contributed by atoms with van der Waals surface area (Å²) in [6, 6.07) is 0. The lowest BCUT2D eigenvalue weighted by atomic mass is 9.62. The van der Waals surface area contributed by atoms with E-state index in [2.05, 4.69) is 116 Å². The van der Waals surface area contributed by atoms with Crippen molar-refractivity contribution in [2.24, 2.45) is 34.5 Å². The molecule has 0 aromatic heterocycles. The first-order valence-electron chi connectivity index (χ1n) is 16.0. The van der Waals surface area contributed by atoms with E-state index in [1.807, 2.05) is 38.2 Å². The molecule has 0 heterocycles. The number of hydrogen-bond acceptors (Lipinski definition) is 4. The number of rotatable bonds is 10. The highest BCUT2D eigenvalue weighted by atomic mass is 16.3. The maximum absolute atomic E-state index is 12.3. The molecule has 6 unspecified atom stereocenters. The number of ketones is 2. The van der Waals surface area contributed by atoms with Gasteiger partial charge in [-0.25, -0.2) is 0 Å². The van der Waals surface area contributed by atoms with Gasteiger partial charge in [-0.1, -0.05) is 149 Å². The Bertz CT molecular complexity index is 1200. The van der Waals surface area contributed by atoms with Crippen molar-refractivity contribution in [2.45, 2.75) is 94.3 Å². The summed E-state index contributed by atoms with van der Waals surface area (Å²) in [5.41, 5.74) is 4.24. The fourth-order valence-electron chi connectivity index (χ4n) is 6.49. The molecule has 2 aliphatic rings. The van der Waals surface area contributed by atoms with Gasteiger partial charge in [0, 0.05) is 11.8 Å². The number of Topliss-reactive ketones (excluding diaryl/α,β-unsaturated/α-hetero) is 2. The van der Waals surface area contributed by atoms with Crippen LogP contribution in [-0.4, -0.2) is 34.0 Å². The van der Waals surface area contributed by atoms with Crippen molar-refractivity contribution in [1.29, 1.82) is 0 Å². The molecule has 0 aromatic carbocycles. The molecule has 6 atom stereocenters. The molecule has 2 saturated carbocycles. The first kappa shape index (κ1) is 37.1. The lowest BCUT2D eigenvalue weighted by Crippen LogP contribution is -2.46. The third-order valence-electron chi connectivity index (χ3n) is 9.27. The highest BCUT2D eigenvalue weighted by Gasteiger charge is 2.45. The van der Waals surface area contributed by atoms with Crippen LogP contribution in [0.3, 0.4) is 0 Å². The Balaban J connectivity index is 1.90. The van der Waals surface area contributed by atoms with Crippen LogP contribution in [-0.2, 0) is 9.59 Å². The summed E-state index contributed by atoms with van der Waals surface area (Å²) in [5, 5.41) is 20.1. The maximum atomic E-state index is 12.3. The minimum atomic E-state index is -0.847. The van der Waals surface area contributed by atoms with Crippen molar-refractivity contribution < 1.29 is 19.8 Å². The largest absolute Gasteiger partial charge is 0.385 e. The third-order valence-corrected chi connectivity index (χ3v) is 9.27. The van der Waals surface area contributed by atoms with Crippen LogP contribution in [0.15, 0.2) is 107 Å². The predicted molar refractivity (Wildman–Crippen MR) is 185 cm³/mol. The van der Waals surface area contributed by atoms with Crippen LogP contribution < -0.4 is 0 Å². The Hall–Kier alpha value is -3.08. The van der Waals surface area contributed by atoms with E-state index < -0.39 is 12.2 Å². The number of carbonyl (C=O) groups excluding carboxylic acids is 2. The van der Waals surface area contributed by atoms with Gasteiger partial charge in [-0.3, -0.25) is 9.59 Å². The average molecular weight is 601 g/mol. The number of carbonyl (C=O) groups is 2. The van der Waals surface area contributed by atoms with Crippen molar-refractivity contribution in [2.75, 3.05) is 0 Å². The first-order chi connectivity index (χ1) is 20.5. The molecule has 0 radical (unpaired) electrons. The van der Waals surface area contributed by atoms with Crippen LogP contribution in [0.5, 0.6) is 0 Å². The second-order valence-electron chi connectivity index (χ2n) is 14.3. The molecule has 2 N–H and O–H groups in total. The Kier molecular flexibility index (Phi) is 13.7. The zero-order valence-electron chi connectivity index (χ0n) is 28.7. The normalized spacial score (nSPS) is 31.1. The third kappa shape index (κ3) is 10.8. The highest BCUT2D eigenvalue weighted by molar-refractivity contribution is 5.87. The van der Waals surface area contributed by atoms with E-state index in [1.54, 1.807) is 0 Å². The van der Waals surface area contributed by atoms with Crippen molar-refractivity contribution in [3.63, 3.8) is 0 Å². The van der Waals surface area contributed by atoms with Crippen molar-refractivity contribution in [1.82, 2.24) is 0 Å². The number of hydrogen-bond donors (Lipinski definition) is 2. The van der Waals surface area contributed by atoms with Gasteiger partial charge in [-0.15, -0.1) is 0 Å². The van der Waals surface area contributed by atoms with Gasteiger partial charge in [0.05, 0.1) is 0 Å². The minimum absolute atomic E-state index is 0.0531. The van der Waals surface area contributed by atoms with E-state index in [0.717, 1.165) is 22.3 Å². The Morgan fingerprint density at radius 2 is 0.864 bits per heavy atom. The molecule has 0 amide bonds. The Morgan fingerprint density at radius 1 is 0.568 bits per heavy atom. The molecular weight excluding hydrogens is 544 g/mol. The molecular formula is C40H56O4. The minimum Gasteiger partial charge on any atom is -0.385 e. The summed E-state index contributed by atoms with van der Waals surface area (Å²) in [6.07, 6.45) is 28.3. The molecule has 2 aliphatic carbocycles. The SMILES string of the molecule is CC(C=CC=C(C)C=CC1C(C)C(=O)C(O)CC1(C)C)=CC=CC=C(C)C=CC=C(C)C=CC1C(C)C(=O)C(O)CC1(C)C. The van der Waals surface area contributed by atoms with Crippen LogP contribution in [0.1, 0.15) is 82.1 Å². The summed E-state index contributed by atoms with van der Waals surface area (Å²) < 4.78 is 0. The summed E-state index contributed by atoms with van der Waals surface area (Å²) >= 11 is 0. The molecule has 2 rings (SSSR count). The zero-order valence-corrected chi connectivity index (χ0v) is 28.7. The van der Waals surface area contributed by atoms with Crippen molar-refractivity contribution in [3.05, 3.63) is 107 Å². The number of aliphatic hydroxyl groups is 2. The maximum Gasteiger partial charge on any atom is 0.164 e. The average Bonchev–Trinajstić information content (AvgIpc) is 2.92. The zero-order chi connectivity index (χ0) is 33.2. The summed E-state index contributed by atoms with van der Waals surface area (Å²) in [5.74, 6) is -0.266. The quantitative estimate of drug-likeness (QED) is 0.246. The smallest absolute Gasteiger partial charge is 0.164 e. The molecule has 0 saturated heterocycles. The van der Waals surface area contributed by atoms with Crippen LogP contribution in [0, 0.1) is 34.5 Å². The molecule has 240 valence electrons. The fourth-order valence-corrected chi connectivity index (χ4v) is 6.49. The van der Waals surface area contributed by atoms with Gasteiger partial charge in [-0.2, -0.15) is 0 Å². The lowest BCUT2D eigenvalue weighted by Gasteiger charge is -2.42. The summed E-state index contributed by atoms with van der Waals surface area (Å²) in [6.45, 7) is 20.6. The van der Waals surface area contributed by atoms with Gasteiger partial charge in [0.15, 0.2) is 11.6 Å². The van der Waals surface area contributed by atoms with E-state index in [-0.39, 0.29) is 46.1 Å². The van der Waals surface area contributed by atoms with Gasteiger partial charge in [0.25, 0.3) is 0 Å². The lowest BCUT2D eigenvalue weighted by molar-refractivity contribution is -0.141. The first-order valence-corrected chi connectivity index (χ1v) is 16.0. The molecule has 0 aliphatic heterocycles. The Labute approximate surface area is 267 Å². The second kappa shape index (κ2) is 16.3. The number of aliphatic hydroxyl groups excluding tert-OH is 2. The second-order valence-corrected chi connectivity index (χ2v) is 14.3. The van der Waals surface area contributed by atoms with Crippen molar-refractivity contribution >= 4 is 11.6 Å². The van der Waals surface area contributed by atoms with E-state index in [1.165, 1.54) is 0 Å². The van der Waals surface area contributed by atoms with Crippen LogP contribution in [0.25, 0.3) is 0 Å². The molecule has 2 fully saturated rings. The molecule has 0 aromatic rings. The predicted octanol–water partition coefficient (Wildman–Crippen LogP) is 8.78. The van der Waals surface area contributed by atoms with Gasteiger partial charge < -0.3 is 10.2 Å². The van der Waals surface area contributed by atoms with Gasteiger partial charge in [0.1, 0.15) is 12.2 Å². The molecule has 4 nitrogen and oxygen atoms in total. The van der Waals surface area contributed by atoms with E-state index >= 15 is 0 Å². The van der Waals surface area contributed by atoms with Gasteiger partial charge in [0.2, 0.25) is 0 Å². The standard InChI is InChI=1S/C40H56O4/c1-27(17-13-19-29(3)21-23-33-31(5)37(43)35(41)25-39(33,7)8)15-11-12-16-28(2)18-14-20-30(4)22-24-34-32(6)38(44)36(42)26-40(34,9)10/h11-24,31-36,41-42H,25-26H2,1-10H3. The van der Waals surface area contributed by atoms with E-state index in [4.69, 9.17) is 0 Å². The van der Waals surface area contributed by atoms with Crippen LogP contribution in [0.2, 0.25) is 0 Å². The highest BCUT2D eigenvalue weighted by Crippen LogP contribution is 2.44. The molecule has 0 bridgehead atoms. The monoisotopic (exact) mass is 600 g/mol. The molecule has 0 spiro atoms. The Morgan fingerprint density at radius 3 is 1.20 bits per heavy atom. The summed E-state index contributed by atoms with van der Waals surface area (Å²) in [4.78, 5) is 24.6. The fraction of sp³-hybridized carbons (Fsp3) is 0.500. The van der Waals surface area contributed by atoms with Gasteiger partial charge >= 0.3 is 0 Å². The van der Waals surface area contributed by atoms with Crippen molar-refractivity contribution in [3.8, 4) is 0 Å². The van der Waals surface area contributed by atoms with E-state index in [0.29, 0.717) is 12.8 Å². The molecule has 4 heteroatoms. The topological polar surface area (TPSA) is 74.6 Å². The van der Waals surface area contributed by atoms with Crippen LogP contribution in [0.4, 0.5) is 0 Å². The van der Waals surface area contributed by atoms with Gasteiger partial charge in [-0.05, 0) is 63.2 Å². The number of allylic oxidation sites excluding steroid dienone is 18. The van der Waals surface area contributed by atoms with Crippen LogP contribution >= 0.6 is 0 Å². The molecule has 44 heavy (non-hydrogen) atoms. The summed E-state index contributed by atoms with van der Waals surface area (Å²) in [7, 11) is 0.